The number of hydrogen-bond acceptors (Lipinski definition) is 2. The van der Waals surface area contributed by atoms with Gasteiger partial charge in [-0.2, -0.15) is 0 Å². The maximum Gasteiger partial charge on any atom is 0.0812 e. The zero-order valence-electron chi connectivity index (χ0n) is 19.2. The SMILES string of the molecule is CCCCCCCCCCCCCCCCc1ccc(N=Cc2ccccn2)cc1. The smallest absolute Gasteiger partial charge is 0.0812 e. The van der Waals surface area contributed by atoms with E-state index in [0.29, 0.717) is 0 Å². The summed E-state index contributed by atoms with van der Waals surface area (Å²) in [6, 6.07) is 14.5. The number of aliphatic imine (C=N–C) groups is 1. The molecule has 0 bridgehead atoms. The molecule has 2 heteroatoms. The van der Waals surface area contributed by atoms with Gasteiger partial charge >= 0.3 is 0 Å². The molecule has 0 radical (unpaired) electrons. The van der Waals surface area contributed by atoms with Crippen LogP contribution in [0, 0.1) is 0 Å². The number of aromatic nitrogens is 1. The Kier molecular flexibility index (Phi) is 13.6. The molecule has 2 nitrogen and oxygen atoms in total. The first-order valence-corrected chi connectivity index (χ1v) is 12.4. The molecule has 2 rings (SSSR count). The number of unbranched alkanes of at least 4 members (excludes halogenated alkanes) is 13. The monoisotopic (exact) mass is 406 g/mol. The van der Waals surface area contributed by atoms with Gasteiger partial charge in [0.15, 0.2) is 0 Å². The summed E-state index contributed by atoms with van der Waals surface area (Å²) in [7, 11) is 0. The molecule has 0 saturated heterocycles. The molecule has 2 aromatic rings. The van der Waals surface area contributed by atoms with Gasteiger partial charge in [-0.25, -0.2) is 0 Å². The van der Waals surface area contributed by atoms with Gasteiger partial charge in [-0.1, -0.05) is 109 Å². The number of benzene rings is 1. The second-order valence-corrected chi connectivity index (χ2v) is 8.53. The average Bonchev–Trinajstić information content (AvgIpc) is 2.79. The van der Waals surface area contributed by atoms with E-state index in [2.05, 4.69) is 41.2 Å². The van der Waals surface area contributed by atoms with Crippen molar-refractivity contribution in [2.24, 2.45) is 4.99 Å². The average molecular weight is 407 g/mol. The first-order valence-electron chi connectivity index (χ1n) is 12.4. The highest BCUT2D eigenvalue weighted by molar-refractivity contribution is 5.79. The van der Waals surface area contributed by atoms with Crippen LogP contribution < -0.4 is 0 Å². The van der Waals surface area contributed by atoms with Gasteiger partial charge in [0.05, 0.1) is 17.6 Å². The maximum atomic E-state index is 4.50. The lowest BCUT2D eigenvalue weighted by atomic mass is 10.0. The topological polar surface area (TPSA) is 25.2 Å². The molecule has 1 aromatic carbocycles. The van der Waals surface area contributed by atoms with Gasteiger partial charge in [0, 0.05) is 6.20 Å². The van der Waals surface area contributed by atoms with Crippen molar-refractivity contribution in [1.82, 2.24) is 4.98 Å². The molecule has 1 aromatic heterocycles. The lowest BCUT2D eigenvalue weighted by molar-refractivity contribution is 0.535. The Hall–Kier alpha value is -1.96. The second-order valence-electron chi connectivity index (χ2n) is 8.53. The van der Waals surface area contributed by atoms with Crippen LogP contribution in [0.1, 0.15) is 108 Å². The van der Waals surface area contributed by atoms with Gasteiger partial charge < -0.3 is 0 Å². The Morgan fingerprint density at radius 2 is 1.23 bits per heavy atom. The van der Waals surface area contributed by atoms with E-state index >= 15 is 0 Å². The van der Waals surface area contributed by atoms with E-state index in [1.807, 2.05) is 24.4 Å². The molecule has 0 aliphatic carbocycles. The van der Waals surface area contributed by atoms with Crippen molar-refractivity contribution in [2.75, 3.05) is 0 Å². The van der Waals surface area contributed by atoms with Crippen molar-refractivity contribution < 1.29 is 0 Å². The molecule has 0 fully saturated rings. The zero-order chi connectivity index (χ0) is 21.1. The maximum absolute atomic E-state index is 4.50. The molecule has 0 N–H and O–H groups in total. The first kappa shape index (κ1) is 24.3. The highest BCUT2D eigenvalue weighted by Crippen LogP contribution is 2.16. The lowest BCUT2D eigenvalue weighted by Crippen LogP contribution is -1.87. The van der Waals surface area contributed by atoms with Crippen LogP contribution in [0.4, 0.5) is 5.69 Å². The third-order valence-electron chi connectivity index (χ3n) is 5.79. The van der Waals surface area contributed by atoms with Crippen LogP contribution in [0.3, 0.4) is 0 Å². The quantitative estimate of drug-likeness (QED) is 0.190. The minimum absolute atomic E-state index is 0.893. The van der Waals surface area contributed by atoms with Crippen LogP contribution in [0.2, 0.25) is 0 Å². The van der Waals surface area contributed by atoms with Crippen LogP contribution in [0.15, 0.2) is 53.7 Å². The number of aryl methyl sites for hydroxylation is 1. The highest BCUT2D eigenvalue weighted by atomic mass is 14.8. The van der Waals surface area contributed by atoms with E-state index in [4.69, 9.17) is 0 Å². The summed E-state index contributed by atoms with van der Waals surface area (Å²) >= 11 is 0. The molecule has 1 heterocycles. The fourth-order valence-corrected chi connectivity index (χ4v) is 3.87. The molecule has 0 saturated carbocycles. The normalized spacial score (nSPS) is 11.4. The second kappa shape index (κ2) is 16.8. The van der Waals surface area contributed by atoms with Crippen LogP contribution in [-0.4, -0.2) is 11.2 Å². The molecule has 0 amide bonds. The first-order chi connectivity index (χ1) is 14.9. The van der Waals surface area contributed by atoms with E-state index in [1.165, 1.54) is 102 Å². The summed E-state index contributed by atoms with van der Waals surface area (Å²) in [5.74, 6) is 0. The van der Waals surface area contributed by atoms with E-state index in [-0.39, 0.29) is 0 Å². The van der Waals surface area contributed by atoms with E-state index in [9.17, 15) is 0 Å². The predicted molar refractivity (Wildman–Crippen MR) is 132 cm³/mol. The van der Waals surface area contributed by atoms with E-state index in [1.54, 1.807) is 6.20 Å². The van der Waals surface area contributed by atoms with Gasteiger partial charge in [-0.15, -0.1) is 0 Å². The molecule has 0 atom stereocenters. The van der Waals surface area contributed by atoms with E-state index in [0.717, 1.165) is 11.4 Å². The standard InChI is InChI=1S/C28H42N2/c1-2-3-4-5-6-7-8-9-10-11-12-13-14-15-18-26-20-22-27(23-21-26)30-25-28-19-16-17-24-29-28/h16-17,19-25H,2-15,18H2,1H3. The van der Waals surface area contributed by atoms with Crippen molar-refractivity contribution in [3.8, 4) is 0 Å². The summed E-state index contributed by atoms with van der Waals surface area (Å²) in [6.45, 7) is 2.29. The van der Waals surface area contributed by atoms with Crippen molar-refractivity contribution in [3.63, 3.8) is 0 Å². The summed E-state index contributed by atoms with van der Waals surface area (Å²) in [6.07, 6.45) is 24.6. The zero-order valence-corrected chi connectivity index (χ0v) is 19.2. The van der Waals surface area contributed by atoms with Gasteiger partial charge in [-0.05, 0) is 42.7 Å². The molecule has 0 spiro atoms. The molecule has 0 unspecified atom stereocenters. The van der Waals surface area contributed by atoms with Crippen molar-refractivity contribution in [3.05, 3.63) is 59.9 Å². The van der Waals surface area contributed by atoms with Crippen LogP contribution in [0.25, 0.3) is 0 Å². The highest BCUT2D eigenvalue weighted by Gasteiger charge is 1.97. The number of pyridine rings is 1. The van der Waals surface area contributed by atoms with Crippen LogP contribution >= 0.6 is 0 Å². The van der Waals surface area contributed by atoms with Crippen molar-refractivity contribution >= 4 is 11.9 Å². The molecule has 30 heavy (non-hydrogen) atoms. The number of nitrogens with zero attached hydrogens (tertiary/aromatic N) is 2. The fourth-order valence-electron chi connectivity index (χ4n) is 3.87. The Labute approximate surface area is 185 Å². The third kappa shape index (κ3) is 11.9. The summed E-state index contributed by atoms with van der Waals surface area (Å²) in [4.78, 5) is 8.77. The molecule has 0 aliphatic heterocycles. The van der Waals surface area contributed by atoms with Gasteiger partial charge in [0.1, 0.15) is 0 Å². The van der Waals surface area contributed by atoms with Gasteiger partial charge in [-0.3, -0.25) is 9.98 Å². The third-order valence-corrected chi connectivity index (χ3v) is 5.79. The summed E-state index contributed by atoms with van der Waals surface area (Å²) in [5, 5.41) is 0. The minimum atomic E-state index is 0.893. The minimum Gasteiger partial charge on any atom is -0.255 e. The Bertz CT molecular complexity index is 661. The summed E-state index contributed by atoms with van der Waals surface area (Å²) in [5.41, 5.74) is 3.31. The largest absolute Gasteiger partial charge is 0.255 e. The molecular weight excluding hydrogens is 364 g/mol. The molecule has 0 aliphatic rings. The van der Waals surface area contributed by atoms with Gasteiger partial charge in [0.2, 0.25) is 0 Å². The number of hydrogen-bond donors (Lipinski definition) is 0. The molecule has 164 valence electrons. The van der Waals surface area contributed by atoms with E-state index < -0.39 is 0 Å². The summed E-state index contributed by atoms with van der Waals surface area (Å²) < 4.78 is 0. The Morgan fingerprint density at radius 1 is 0.667 bits per heavy atom. The Balaban J connectivity index is 1.43. The fraction of sp³-hybridized carbons (Fsp3) is 0.571. The number of rotatable bonds is 17. The predicted octanol–water partition coefficient (Wildman–Crippen LogP) is 8.86. The van der Waals surface area contributed by atoms with Crippen LogP contribution in [0.5, 0.6) is 0 Å². The molecular formula is C28H42N2. The van der Waals surface area contributed by atoms with Crippen molar-refractivity contribution in [2.45, 2.75) is 103 Å². The van der Waals surface area contributed by atoms with Crippen LogP contribution in [-0.2, 0) is 6.42 Å². The lowest BCUT2D eigenvalue weighted by Gasteiger charge is -2.04. The van der Waals surface area contributed by atoms with Gasteiger partial charge in [0.25, 0.3) is 0 Å². The van der Waals surface area contributed by atoms with Crippen molar-refractivity contribution in [1.29, 1.82) is 0 Å². The Morgan fingerprint density at radius 3 is 1.77 bits per heavy atom.